The van der Waals surface area contributed by atoms with E-state index in [0.717, 1.165) is 5.56 Å². The number of nitrogens with zero attached hydrogens (tertiary/aromatic N) is 1. The SMILES string of the molecule is COc1cc(C(=O)NCC(=O)NN=Cc2ccc(OC(=O)c3cccc(C)c3)cc2)cc(OC)c1OC. The molecule has 0 aromatic heterocycles. The van der Waals surface area contributed by atoms with E-state index in [9.17, 15) is 14.4 Å². The van der Waals surface area contributed by atoms with Crippen LogP contribution in [-0.4, -0.2) is 51.9 Å². The van der Waals surface area contributed by atoms with Gasteiger partial charge in [0, 0.05) is 5.56 Å². The molecule has 0 heterocycles. The molecule has 0 radical (unpaired) electrons. The van der Waals surface area contributed by atoms with Crippen molar-refractivity contribution in [2.45, 2.75) is 6.92 Å². The maximum atomic E-state index is 12.5. The Morgan fingerprint density at radius 2 is 1.54 bits per heavy atom. The maximum absolute atomic E-state index is 12.5. The molecule has 10 nitrogen and oxygen atoms in total. The summed E-state index contributed by atoms with van der Waals surface area (Å²) in [4.78, 5) is 36.8. The first-order valence-electron chi connectivity index (χ1n) is 11.1. The van der Waals surface area contributed by atoms with Gasteiger partial charge in [-0.2, -0.15) is 5.10 Å². The summed E-state index contributed by atoms with van der Waals surface area (Å²) in [5.41, 5.74) is 4.66. The van der Waals surface area contributed by atoms with Crippen molar-refractivity contribution in [1.29, 1.82) is 0 Å². The standard InChI is InChI=1S/C27H27N3O7/c1-17-6-5-7-19(12-17)27(33)37-21-10-8-18(9-11-21)15-29-30-24(31)16-28-26(32)20-13-22(34-2)25(36-4)23(14-20)35-3/h5-15H,16H2,1-4H3,(H,28,32)(H,30,31). The van der Waals surface area contributed by atoms with Crippen LogP contribution in [0.4, 0.5) is 0 Å². The van der Waals surface area contributed by atoms with Gasteiger partial charge in [0.15, 0.2) is 11.5 Å². The number of nitrogens with one attached hydrogen (secondary N) is 2. The van der Waals surface area contributed by atoms with Gasteiger partial charge in [-0.1, -0.05) is 17.7 Å². The van der Waals surface area contributed by atoms with Gasteiger partial charge in [-0.25, -0.2) is 10.2 Å². The Kier molecular flexibility index (Phi) is 9.20. The Bertz CT molecular complexity index is 1280. The van der Waals surface area contributed by atoms with E-state index in [1.165, 1.54) is 39.7 Å². The Hall–Kier alpha value is -4.86. The summed E-state index contributed by atoms with van der Waals surface area (Å²) < 4.78 is 21.1. The number of ether oxygens (including phenoxy) is 4. The highest BCUT2D eigenvalue weighted by molar-refractivity contribution is 5.97. The second-order valence-electron chi connectivity index (χ2n) is 7.72. The summed E-state index contributed by atoms with van der Waals surface area (Å²) in [5.74, 6) is -0.122. The lowest BCUT2D eigenvalue weighted by Gasteiger charge is -2.14. The molecule has 0 aliphatic rings. The highest BCUT2D eigenvalue weighted by atomic mass is 16.5. The molecule has 2 N–H and O–H groups in total. The summed E-state index contributed by atoms with van der Waals surface area (Å²) in [6, 6.07) is 16.7. The fourth-order valence-corrected chi connectivity index (χ4v) is 3.25. The first kappa shape index (κ1) is 26.7. The molecule has 0 atom stereocenters. The smallest absolute Gasteiger partial charge is 0.343 e. The van der Waals surface area contributed by atoms with Crippen molar-refractivity contribution in [3.63, 3.8) is 0 Å². The largest absolute Gasteiger partial charge is 0.493 e. The molecule has 0 bridgehead atoms. The molecule has 0 spiro atoms. The lowest BCUT2D eigenvalue weighted by atomic mass is 10.1. The van der Waals surface area contributed by atoms with E-state index >= 15 is 0 Å². The van der Waals surface area contributed by atoms with Crippen LogP contribution in [0.15, 0.2) is 65.8 Å². The van der Waals surface area contributed by atoms with Crippen molar-refractivity contribution in [2.75, 3.05) is 27.9 Å². The molecular weight excluding hydrogens is 478 g/mol. The molecule has 0 fully saturated rings. The average Bonchev–Trinajstić information content (AvgIpc) is 2.91. The fourth-order valence-electron chi connectivity index (χ4n) is 3.25. The number of hydrogen-bond acceptors (Lipinski definition) is 8. The van der Waals surface area contributed by atoms with E-state index in [1.807, 2.05) is 13.0 Å². The van der Waals surface area contributed by atoms with Crippen LogP contribution in [0.1, 0.15) is 31.8 Å². The minimum absolute atomic E-state index is 0.231. The number of benzene rings is 3. The number of hydrazone groups is 1. The van der Waals surface area contributed by atoms with Crippen LogP contribution in [0.5, 0.6) is 23.0 Å². The van der Waals surface area contributed by atoms with Crippen LogP contribution in [0.3, 0.4) is 0 Å². The Morgan fingerprint density at radius 1 is 0.865 bits per heavy atom. The van der Waals surface area contributed by atoms with Gasteiger partial charge in [0.25, 0.3) is 11.8 Å². The molecule has 37 heavy (non-hydrogen) atoms. The van der Waals surface area contributed by atoms with Crippen molar-refractivity contribution in [2.24, 2.45) is 5.10 Å². The van der Waals surface area contributed by atoms with Crippen molar-refractivity contribution in [3.05, 3.63) is 82.9 Å². The summed E-state index contributed by atoms with van der Waals surface area (Å²) >= 11 is 0. The van der Waals surface area contributed by atoms with Crippen LogP contribution in [0, 0.1) is 6.92 Å². The zero-order chi connectivity index (χ0) is 26.8. The van der Waals surface area contributed by atoms with E-state index in [-0.39, 0.29) is 12.1 Å². The molecule has 3 aromatic carbocycles. The van der Waals surface area contributed by atoms with Crippen LogP contribution in [0.25, 0.3) is 0 Å². The number of carbonyl (C=O) groups is 3. The third-order valence-corrected chi connectivity index (χ3v) is 5.08. The number of amides is 2. The molecule has 10 heteroatoms. The van der Waals surface area contributed by atoms with E-state index in [0.29, 0.717) is 34.1 Å². The van der Waals surface area contributed by atoms with Crippen LogP contribution < -0.4 is 29.7 Å². The number of rotatable bonds is 10. The summed E-state index contributed by atoms with van der Waals surface area (Å²) in [6.45, 7) is 1.59. The number of methoxy groups -OCH3 is 3. The number of hydrogen-bond donors (Lipinski definition) is 2. The average molecular weight is 506 g/mol. The third kappa shape index (κ3) is 7.31. The van der Waals surface area contributed by atoms with Crippen LogP contribution in [0.2, 0.25) is 0 Å². The van der Waals surface area contributed by atoms with Gasteiger partial charge in [-0.05, 0) is 61.0 Å². The normalized spacial score (nSPS) is 10.5. The van der Waals surface area contributed by atoms with Crippen molar-refractivity contribution in [3.8, 4) is 23.0 Å². The van der Waals surface area contributed by atoms with Crippen molar-refractivity contribution in [1.82, 2.24) is 10.7 Å². The molecule has 2 amide bonds. The Labute approximate surface area is 214 Å². The number of carbonyl (C=O) groups excluding carboxylic acids is 3. The topological polar surface area (TPSA) is 125 Å². The molecule has 0 saturated carbocycles. The zero-order valence-corrected chi connectivity index (χ0v) is 20.9. The van der Waals surface area contributed by atoms with Crippen LogP contribution >= 0.6 is 0 Å². The summed E-state index contributed by atoms with van der Waals surface area (Å²) in [7, 11) is 4.34. The van der Waals surface area contributed by atoms with Gasteiger partial charge in [0.1, 0.15) is 5.75 Å². The lowest BCUT2D eigenvalue weighted by Crippen LogP contribution is -2.34. The molecule has 192 valence electrons. The first-order chi connectivity index (χ1) is 17.8. The highest BCUT2D eigenvalue weighted by Gasteiger charge is 2.17. The zero-order valence-electron chi connectivity index (χ0n) is 20.9. The minimum Gasteiger partial charge on any atom is -0.493 e. The van der Waals surface area contributed by atoms with E-state index in [2.05, 4.69) is 15.8 Å². The Morgan fingerprint density at radius 3 is 2.14 bits per heavy atom. The summed E-state index contributed by atoms with van der Waals surface area (Å²) in [5, 5.41) is 6.38. The second kappa shape index (κ2) is 12.7. The fraction of sp³-hybridized carbons (Fsp3) is 0.185. The van der Waals surface area contributed by atoms with Gasteiger partial charge >= 0.3 is 5.97 Å². The number of aryl methyl sites for hydroxylation is 1. The van der Waals surface area contributed by atoms with E-state index in [4.69, 9.17) is 18.9 Å². The lowest BCUT2D eigenvalue weighted by molar-refractivity contribution is -0.120. The maximum Gasteiger partial charge on any atom is 0.343 e. The molecule has 0 saturated heterocycles. The highest BCUT2D eigenvalue weighted by Crippen LogP contribution is 2.38. The van der Waals surface area contributed by atoms with Gasteiger partial charge in [-0.3, -0.25) is 9.59 Å². The van der Waals surface area contributed by atoms with Gasteiger partial charge in [0.2, 0.25) is 5.75 Å². The number of esters is 1. The molecule has 3 rings (SSSR count). The monoisotopic (exact) mass is 505 g/mol. The van der Waals surface area contributed by atoms with Gasteiger partial charge < -0.3 is 24.3 Å². The predicted molar refractivity (Wildman–Crippen MR) is 137 cm³/mol. The third-order valence-electron chi connectivity index (χ3n) is 5.08. The van der Waals surface area contributed by atoms with E-state index in [1.54, 1.807) is 42.5 Å². The quantitative estimate of drug-likeness (QED) is 0.188. The second-order valence-corrected chi connectivity index (χ2v) is 7.72. The van der Waals surface area contributed by atoms with Crippen molar-refractivity contribution < 1.29 is 33.3 Å². The van der Waals surface area contributed by atoms with Gasteiger partial charge in [0.05, 0.1) is 39.7 Å². The Balaban J connectivity index is 1.50. The van der Waals surface area contributed by atoms with Gasteiger partial charge in [-0.15, -0.1) is 0 Å². The van der Waals surface area contributed by atoms with Crippen molar-refractivity contribution >= 4 is 24.0 Å². The van der Waals surface area contributed by atoms with E-state index < -0.39 is 17.8 Å². The molecule has 0 aliphatic heterocycles. The summed E-state index contributed by atoms with van der Waals surface area (Å²) in [6.07, 6.45) is 1.42. The molecule has 0 aliphatic carbocycles. The van der Waals surface area contributed by atoms with Crippen LogP contribution in [-0.2, 0) is 4.79 Å². The minimum atomic E-state index is -0.527. The molecule has 0 unspecified atom stereocenters. The molecular formula is C27H27N3O7. The molecule has 3 aromatic rings. The predicted octanol–water partition coefficient (Wildman–Crippen LogP) is 3.12. The first-order valence-corrected chi connectivity index (χ1v) is 11.1.